The second-order valence-corrected chi connectivity index (χ2v) is 6.22. The number of ether oxygens (including phenoxy) is 1. The first-order chi connectivity index (χ1) is 12.6. The minimum atomic E-state index is -0.393. The molecule has 1 aliphatic rings. The molecule has 1 aliphatic heterocycles. The van der Waals surface area contributed by atoms with Crippen LogP contribution in [0, 0.1) is 12.7 Å². The number of morpholine rings is 1. The highest BCUT2D eigenvalue weighted by Gasteiger charge is 2.19. The molecule has 0 spiro atoms. The molecular formula is C18H22FN5O2. The molecule has 8 heteroatoms. The van der Waals surface area contributed by atoms with Gasteiger partial charge < -0.3 is 9.26 Å². The monoisotopic (exact) mass is 359 g/mol. The van der Waals surface area contributed by atoms with Crippen molar-refractivity contribution in [1.82, 2.24) is 15.0 Å². The number of azo groups is 1. The maximum atomic E-state index is 14.1. The fourth-order valence-electron chi connectivity index (χ4n) is 2.82. The first-order valence-corrected chi connectivity index (χ1v) is 8.48. The minimum Gasteiger partial charge on any atom is -0.379 e. The van der Waals surface area contributed by atoms with Crippen molar-refractivity contribution < 1.29 is 13.7 Å². The van der Waals surface area contributed by atoms with E-state index in [1.807, 2.05) is 13.8 Å². The quantitative estimate of drug-likeness (QED) is 0.766. The van der Waals surface area contributed by atoms with Crippen molar-refractivity contribution in [2.75, 3.05) is 39.9 Å². The summed E-state index contributed by atoms with van der Waals surface area (Å²) in [6, 6.07) is 4.78. The Morgan fingerprint density at radius 1 is 1.31 bits per heavy atom. The normalized spacial score (nSPS) is 16.9. The molecule has 26 heavy (non-hydrogen) atoms. The molecule has 0 radical (unpaired) electrons. The van der Waals surface area contributed by atoms with Gasteiger partial charge in [-0.1, -0.05) is 16.8 Å². The van der Waals surface area contributed by atoms with Crippen LogP contribution in [0.25, 0.3) is 17.1 Å². The second kappa shape index (κ2) is 8.29. The summed E-state index contributed by atoms with van der Waals surface area (Å²) in [5, 5.41) is 12.0. The molecule has 0 saturated carbocycles. The molecule has 2 aromatic rings. The molecule has 0 N–H and O–H groups in total. The van der Waals surface area contributed by atoms with Crippen molar-refractivity contribution in [1.29, 1.82) is 0 Å². The summed E-state index contributed by atoms with van der Waals surface area (Å²) >= 11 is 0. The number of hydrogen-bond donors (Lipinski definition) is 0. The molecule has 1 aromatic heterocycles. The average molecular weight is 359 g/mol. The summed E-state index contributed by atoms with van der Waals surface area (Å²) in [7, 11) is 1.58. The SMILES string of the molecule is CN=N/C(=C(\C)CN1CCOCC1)c1nc(-c2cc(C)ccc2F)no1. The van der Waals surface area contributed by atoms with Gasteiger partial charge in [0.05, 0.1) is 18.8 Å². The number of rotatable bonds is 5. The highest BCUT2D eigenvalue weighted by Crippen LogP contribution is 2.25. The van der Waals surface area contributed by atoms with Gasteiger partial charge in [-0.3, -0.25) is 4.90 Å². The molecule has 3 rings (SSSR count). The predicted molar refractivity (Wildman–Crippen MR) is 95.1 cm³/mol. The van der Waals surface area contributed by atoms with Crippen molar-refractivity contribution >= 4 is 5.70 Å². The molecule has 1 aromatic carbocycles. The van der Waals surface area contributed by atoms with Gasteiger partial charge in [0.25, 0.3) is 5.89 Å². The van der Waals surface area contributed by atoms with Crippen molar-refractivity contribution in [3.63, 3.8) is 0 Å². The summed E-state index contributed by atoms with van der Waals surface area (Å²) < 4.78 is 24.8. The maximum Gasteiger partial charge on any atom is 0.278 e. The van der Waals surface area contributed by atoms with Gasteiger partial charge in [0.15, 0.2) is 5.70 Å². The Kier molecular flexibility index (Phi) is 5.85. The molecule has 0 amide bonds. The Hall–Kier alpha value is -2.45. The third-order valence-electron chi connectivity index (χ3n) is 4.16. The van der Waals surface area contributed by atoms with Crippen LogP contribution in [-0.2, 0) is 4.74 Å². The Bertz CT molecular complexity index is 825. The van der Waals surface area contributed by atoms with Gasteiger partial charge in [0.2, 0.25) is 5.82 Å². The van der Waals surface area contributed by atoms with Crippen molar-refractivity contribution in [2.24, 2.45) is 10.2 Å². The Morgan fingerprint density at radius 3 is 2.81 bits per heavy atom. The van der Waals surface area contributed by atoms with Gasteiger partial charge in [-0.15, -0.1) is 0 Å². The highest BCUT2D eigenvalue weighted by atomic mass is 19.1. The summed E-state index contributed by atoms with van der Waals surface area (Å²) in [5.74, 6) is 0.0390. The second-order valence-electron chi connectivity index (χ2n) is 6.22. The Morgan fingerprint density at radius 2 is 2.08 bits per heavy atom. The molecule has 0 bridgehead atoms. The van der Waals surface area contributed by atoms with Gasteiger partial charge in [-0.2, -0.15) is 15.2 Å². The van der Waals surface area contributed by atoms with Crippen LogP contribution in [0.4, 0.5) is 4.39 Å². The zero-order chi connectivity index (χ0) is 18.5. The van der Waals surface area contributed by atoms with Gasteiger partial charge in [0, 0.05) is 26.7 Å². The van der Waals surface area contributed by atoms with Crippen LogP contribution < -0.4 is 0 Å². The first kappa shape index (κ1) is 18.3. The van der Waals surface area contributed by atoms with Crippen LogP contribution in [0.5, 0.6) is 0 Å². The third-order valence-corrected chi connectivity index (χ3v) is 4.16. The van der Waals surface area contributed by atoms with Crippen LogP contribution in [0.3, 0.4) is 0 Å². The number of aryl methyl sites for hydroxylation is 1. The van der Waals surface area contributed by atoms with Crippen molar-refractivity contribution in [2.45, 2.75) is 13.8 Å². The lowest BCUT2D eigenvalue weighted by Crippen LogP contribution is -2.37. The van der Waals surface area contributed by atoms with Crippen molar-refractivity contribution in [3.05, 3.63) is 41.0 Å². The molecule has 0 atom stereocenters. The van der Waals surface area contributed by atoms with E-state index in [0.717, 1.165) is 37.4 Å². The number of benzene rings is 1. The summed E-state index contributed by atoms with van der Waals surface area (Å²) in [5.41, 5.74) is 2.70. The number of aromatic nitrogens is 2. The Balaban J connectivity index is 1.90. The molecule has 138 valence electrons. The maximum absolute atomic E-state index is 14.1. The molecule has 7 nitrogen and oxygen atoms in total. The van der Waals surface area contributed by atoms with Crippen LogP contribution in [0.1, 0.15) is 18.4 Å². The zero-order valence-corrected chi connectivity index (χ0v) is 15.2. The standard InChI is InChI=1S/C18H22FN5O2/c1-12-4-5-15(19)14(10-12)17-21-18(26-23-17)16(22-20-3)13(2)11-24-6-8-25-9-7-24/h4-5,10H,6-9,11H2,1-3H3/b16-13+,22-20?. The van der Waals surface area contributed by atoms with E-state index in [9.17, 15) is 4.39 Å². The zero-order valence-electron chi connectivity index (χ0n) is 15.2. The lowest BCUT2D eigenvalue weighted by Gasteiger charge is -2.26. The molecule has 0 unspecified atom stereocenters. The molecular weight excluding hydrogens is 337 g/mol. The van der Waals surface area contributed by atoms with E-state index in [2.05, 4.69) is 25.3 Å². The average Bonchev–Trinajstić information content (AvgIpc) is 3.12. The van der Waals surface area contributed by atoms with E-state index in [1.165, 1.54) is 6.07 Å². The molecule has 2 heterocycles. The van der Waals surface area contributed by atoms with E-state index in [-0.39, 0.29) is 11.7 Å². The molecule has 1 fully saturated rings. The molecule has 0 aliphatic carbocycles. The molecule has 1 saturated heterocycles. The van der Waals surface area contributed by atoms with E-state index in [4.69, 9.17) is 9.26 Å². The first-order valence-electron chi connectivity index (χ1n) is 8.48. The summed E-state index contributed by atoms with van der Waals surface area (Å²) in [4.78, 5) is 6.61. The van der Waals surface area contributed by atoms with Gasteiger partial charge in [-0.05, 0) is 31.6 Å². The van der Waals surface area contributed by atoms with Gasteiger partial charge >= 0.3 is 0 Å². The Labute approximate surface area is 151 Å². The van der Waals surface area contributed by atoms with Crippen molar-refractivity contribution in [3.8, 4) is 11.4 Å². The summed E-state index contributed by atoms with van der Waals surface area (Å²) in [6.45, 7) is 7.69. The third kappa shape index (κ3) is 4.20. The van der Waals surface area contributed by atoms with E-state index < -0.39 is 5.82 Å². The van der Waals surface area contributed by atoms with Crippen LogP contribution in [0.2, 0.25) is 0 Å². The lowest BCUT2D eigenvalue weighted by molar-refractivity contribution is 0.0423. The van der Waals surface area contributed by atoms with E-state index in [1.54, 1.807) is 19.2 Å². The lowest BCUT2D eigenvalue weighted by atomic mass is 10.1. The smallest absolute Gasteiger partial charge is 0.278 e. The van der Waals surface area contributed by atoms with Crippen LogP contribution in [0.15, 0.2) is 38.5 Å². The number of nitrogens with zero attached hydrogens (tertiary/aromatic N) is 5. The topological polar surface area (TPSA) is 76.1 Å². The fraction of sp³-hybridized carbons (Fsp3) is 0.444. The highest BCUT2D eigenvalue weighted by molar-refractivity contribution is 5.64. The van der Waals surface area contributed by atoms with Crippen LogP contribution >= 0.6 is 0 Å². The number of hydrogen-bond acceptors (Lipinski definition) is 7. The predicted octanol–water partition coefficient (Wildman–Crippen LogP) is 3.33. The van der Waals surface area contributed by atoms with E-state index >= 15 is 0 Å². The fourth-order valence-corrected chi connectivity index (χ4v) is 2.82. The van der Waals surface area contributed by atoms with Crippen LogP contribution in [-0.4, -0.2) is 54.9 Å². The van der Waals surface area contributed by atoms with Gasteiger partial charge in [0.1, 0.15) is 5.82 Å². The largest absolute Gasteiger partial charge is 0.379 e. The minimum absolute atomic E-state index is 0.198. The van der Waals surface area contributed by atoms with Gasteiger partial charge in [-0.25, -0.2) is 4.39 Å². The summed E-state index contributed by atoms with van der Waals surface area (Å²) in [6.07, 6.45) is 0. The van der Waals surface area contributed by atoms with E-state index in [0.29, 0.717) is 17.8 Å². The number of halogens is 1.